The summed E-state index contributed by atoms with van der Waals surface area (Å²) in [6.07, 6.45) is 0. The van der Waals surface area contributed by atoms with Crippen molar-refractivity contribution in [1.82, 2.24) is 24.1 Å². The predicted octanol–water partition coefficient (Wildman–Crippen LogP) is 10.1. The van der Waals surface area contributed by atoms with Gasteiger partial charge in [0.1, 0.15) is 0 Å². The molecular weight excluding hydrogens is 574 g/mol. The minimum absolute atomic E-state index is 0.544. The molecule has 0 radical (unpaired) electrons. The molecule has 3 aromatic heterocycles. The van der Waals surface area contributed by atoms with Gasteiger partial charge >= 0.3 is 0 Å². The molecule has 0 atom stereocenters. The Morgan fingerprint density at radius 3 is 1.62 bits per heavy atom. The zero-order valence-electron chi connectivity index (χ0n) is 24.0. The molecule has 0 saturated heterocycles. The van der Waals surface area contributed by atoms with Crippen molar-refractivity contribution in [3.8, 4) is 34.4 Å². The van der Waals surface area contributed by atoms with Gasteiger partial charge in [0, 0.05) is 43.4 Å². The van der Waals surface area contributed by atoms with E-state index in [9.17, 15) is 0 Å². The molecular formula is C39H24ClN5. The van der Waals surface area contributed by atoms with Gasteiger partial charge in [0.2, 0.25) is 5.95 Å². The fraction of sp³-hybridized carbons (Fsp3) is 0. The summed E-state index contributed by atoms with van der Waals surface area (Å²) in [5.41, 5.74) is 7.13. The Bertz CT molecular complexity index is 2550. The lowest BCUT2D eigenvalue weighted by atomic mass is 10.1. The van der Waals surface area contributed by atoms with Gasteiger partial charge in [-0.1, -0.05) is 121 Å². The fourth-order valence-electron chi connectivity index (χ4n) is 6.49. The van der Waals surface area contributed by atoms with Crippen LogP contribution in [0.2, 0.25) is 5.02 Å². The van der Waals surface area contributed by atoms with Gasteiger partial charge in [-0.2, -0.15) is 9.97 Å². The normalized spacial score (nSPS) is 11.7. The first-order valence-corrected chi connectivity index (χ1v) is 15.2. The molecule has 0 spiro atoms. The van der Waals surface area contributed by atoms with Crippen LogP contribution in [0, 0.1) is 0 Å². The van der Waals surface area contributed by atoms with Gasteiger partial charge in [-0.25, -0.2) is 4.98 Å². The van der Waals surface area contributed by atoms with Crippen LogP contribution in [0.25, 0.3) is 78.0 Å². The average Bonchev–Trinajstić information content (AvgIpc) is 3.62. The summed E-state index contributed by atoms with van der Waals surface area (Å²) in [4.78, 5) is 15.3. The second-order valence-corrected chi connectivity index (χ2v) is 11.5. The number of aromatic nitrogens is 5. The molecule has 0 N–H and O–H groups in total. The molecule has 212 valence electrons. The Morgan fingerprint density at radius 2 is 0.956 bits per heavy atom. The van der Waals surface area contributed by atoms with Gasteiger partial charge in [-0.05, 0) is 36.4 Å². The molecule has 0 aliphatic heterocycles. The van der Waals surface area contributed by atoms with Crippen LogP contribution in [0.1, 0.15) is 0 Å². The lowest BCUT2D eigenvalue weighted by Crippen LogP contribution is -2.07. The molecule has 5 nitrogen and oxygen atoms in total. The zero-order chi connectivity index (χ0) is 29.9. The Kier molecular flexibility index (Phi) is 5.80. The van der Waals surface area contributed by atoms with Crippen LogP contribution in [0.5, 0.6) is 0 Å². The molecule has 3 heterocycles. The predicted molar refractivity (Wildman–Crippen MR) is 184 cm³/mol. The largest absolute Gasteiger partial charge is 0.307 e. The molecule has 0 aliphatic carbocycles. The van der Waals surface area contributed by atoms with Crippen molar-refractivity contribution in [1.29, 1.82) is 0 Å². The lowest BCUT2D eigenvalue weighted by molar-refractivity contribution is 0.953. The van der Waals surface area contributed by atoms with E-state index in [1.54, 1.807) is 0 Å². The van der Waals surface area contributed by atoms with E-state index in [1.165, 1.54) is 10.8 Å². The van der Waals surface area contributed by atoms with Crippen LogP contribution < -0.4 is 0 Å². The molecule has 0 unspecified atom stereocenters. The van der Waals surface area contributed by atoms with E-state index in [0.717, 1.165) is 49.7 Å². The number of rotatable bonds is 4. The number of nitrogens with zero attached hydrogens (tertiary/aromatic N) is 5. The summed E-state index contributed by atoms with van der Waals surface area (Å²) in [7, 11) is 0. The highest BCUT2D eigenvalue weighted by Gasteiger charge is 2.23. The van der Waals surface area contributed by atoms with E-state index in [4.69, 9.17) is 26.6 Å². The summed E-state index contributed by atoms with van der Waals surface area (Å²) in [5.74, 6) is 1.70. The highest BCUT2D eigenvalue weighted by atomic mass is 35.5. The summed E-state index contributed by atoms with van der Waals surface area (Å²) >= 11 is 6.45. The van der Waals surface area contributed by atoms with E-state index in [0.29, 0.717) is 22.6 Å². The second-order valence-electron chi connectivity index (χ2n) is 11.1. The first-order valence-electron chi connectivity index (χ1n) is 14.8. The van der Waals surface area contributed by atoms with Gasteiger partial charge in [0.25, 0.3) is 0 Å². The van der Waals surface area contributed by atoms with Crippen molar-refractivity contribution >= 4 is 55.2 Å². The Labute approximate surface area is 263 Å². The number of fused-ring (bicyclic) bond motifs is 7. The monoisotopic (exact) mass is 597 g/mol. The fourth-order valence-corrected chi connectivity index (χ4v) is 6.68. The quantitative estimate of drug-likeness (QED) is 0.203. The second kappa shape index (κ2) is 10.2. The van der Waals surface area contributed by atoms with E-state index in [1.807, 2.05) is 54.6 Å². The topological polar surface area (TPSA) is 48.5 Å². The van der Waals surface area contributed by atoms with Crippen molar-refractivity contribution in [3.05, 3.63) is 151 Å². The third-order valence-electron chi connectivity index (χ3n) is 8.42. The van der Waals surface area contributed by atoms with Crippen LogP contribution in [0.4, 0.5) is 0 Å². The molecule has 9 rings (SSSR count). The van der Waals surface area contributed by atoms with Crippen molar-refractivity contribution in [2.45, 2.75) is 0 Å². The molecule has 9 aromatic rings. The molecule has 6 aromatic carbocycles. The molecule has 6 heteroatoms. The van der Waals surface area contributed by atoms with Crippen LogP contribution in [0.15, 0.2) is 146 Å². The van der Waals surface area contributed by atoms with Gasteiger partial charge in [0.05, 0.1) is 22.1 Å². The van der Waals surface area contributed by atoms with Gasteiger partial charge in [-0.3, -0.25) is 4.57 Å². The summed E-state index contributed by atoms with van der Waals surface area (Å²) in [5, 5.41) is 5.24. The van der Waals surface area contributed by atoms with Crippen molar-refractivity contribution in [2.75, 3.05) is 0 Å². The molecule has 0 fully saturated rings. The van der Waals surface area contributed by atoms with Crippen molar-refractivity contribution in [2.24, 2.45) is 0 Å². The molecule has 45 heavy (non-hydrogen) atoms. The van der Waals surface area contributed by atoms with Crippen LogP contribution in [0.3, 0.4) is 0 Å². The summed E-state index contributed by atoms with van der Waals surface area (Å²) in [6.45, 7) is 0. The summed E-state index contributed by atoms with van der Waals surface area (Å²) in [6, 6.07) is 49.8. The van der Waals surface area contributed by atoms with Gasteiger partial charge in [-0.15, -0.1) is 0 Å². The average molecular weight is 598 g/mol. The molecule has 0 amide bonds. The van der Waals surface area contributed by atoms with Crippen molar-refractivity contribution in [3.63, 3.8) is 0 Å². The number of benzene rings is 6. The van der Waals surface area contributed by atoms with Gasteiger partial charge in [0.15, 0.2) is 11.6 Å². The SMILES string of the molecule is Clc1cccc(-c2nc(-c3ccccc3)nc(-n3c4ccccc4c4ccc5c6ccccc6n(-c6ccccc6)c5c43)n2)c1. The Hall–Kier alpha value is -5.78. The Balaban J connectivity index is 1.47. The number of hydrogen-bond acceptors (Lipinski definition) is 3. The minimum atomic E-state index is 0.544. The van der Waals surface area contributed by atoms with Crippen LogP contribution in [-0.2, 0) is 0 Å². The van der Waals surface area contributed by atoms with Crippen LogP contribution >= 0.6 is 11.6 Å². The number of para-hydroxylation sites is 3. The maximum absolute atomic E-state index is 6.45. The smallest absolute Gasteiger partial charge is 0.238 e. The maximum Gasteiger partial charge on any atom is 0.238 e. The molecule has 0 aliphatic rings. The highest BCUT2D eigenvalue weighted by molar-refractivity contribution is 6.30. The van der Waals surface area contributed by atoms with Crippen molar-refractivity contribution < 1.29 is 0 Å². The first kappa shape index (κ1) is 25.7. The third kappa shape index (κ3) is 4.05. The van der Waals surface area contributed by atoms with E-state index in [2.05, 4.69) is 100 Å². The highest BCUT2D eigenvalue weighted by Crippen LogP contribution is 2.41. The van der Waals surface area contributed by atoms with Gasteiger partial charge < -0.3 is 4.57 Å². The van der Waals surface area contributed by atoms with Crippen LogP contribution in [-0.4, -0.2) is 24.1 Å². The van der Waals surface area contributed by atoms with E-state index >= 15 is 0 Å². The van der Waals surface area contributed by atoms with E-state index in [-0.39, 0.29) is 0 Å². The van der Waals surface area contributed by atoms with E-state index < -0.39 is 0 Å². The number of hydrogen-bond donors (Lipinski definition) is 0. The molecule has 0 bridgehead atoms. The number of halogens is 1. The lowest BCUT2D eigenvalue weighted by Gasteiger charge is -2.13. The molecule has 0 saturated carbocycles. The maximum atomic E-state index is 6.45. The Morgan fingerprint density at radius 1 is 0.422 bits per heavy atom. The third-order valence-corrected chi connectivity index (χ3v) is 8.66. The standard InChI is InChI=1S/C39H24ClN5/c40-27-15-11-14-26(24-27)38-41-37(25-12-3-1-4-13-25)42-39(43-38)45-34-21-10-8-19-30(34)32-23-22-31-29-18-7-9-20-33(29)44(35(31)36(32)45)28-16-5-2-6-17-28/h1-24H. The summed E-state index contributed by atoms with van der Waals surface area (Å²) < 4.78 is 4.56. The zero-order valence-corrected chi connectivity index (χ0v) is 24.7. The minimum Gasteiger partial charge on any atom is -0.307 e. The first-order chi connectivity index (χ1) is 22.2.